The predicted octanol–water partition coefficient (Wildman–Crippen LogP) is 0.978. The van der Waals surface area contributed by atoms with Crippen molar-refractivity contribution in [3.63, 3.8) is 0 Å². The molecule has 1 atom stereocenters. The Balaban J connectivity index is 2.37. The van der Waals surface area contributed by atoms with Crippen molar-refractivity contribution in [3.05, 3.63) is 24.3 Å². The molecule has 1 unspecified atom stereocenters. The van der Waals surface area contributed by atoms with Gasteiger partial charge in [0.1, 0.15) is 0 Å². The van der Waals surface area contributed by atoms with E-state index in [9.17, 15) is 9.90 Å². The van der Waals surface area contributed by atoms with Gasteiger partial charge in [-0.1, -0.05) is 12.1 Å². The average molecular weight is 297 g/mol. The quantitative estimate of drug-likeness (QED) is 0.710. The maximum atomic E-state index is 11.7. The largest absolute Gasteiger partial charge is 0.493 e. The number of ether oxygens (including phenoxy) is 3. The smallest absolute Gasteiger partial charge is 0.258 e. The van der Waals surface area contributed by atoms with Gasteiger partial charge in [-0.05, 0) is 19.1 Å². The molecule has 0 aliphatic rings. The molecule has 0 saturated heterocycles. The highest BCUT2D eigenvalue weighted by Crippen LogP contribution is 2.25. The van der Waals surface area contributed by atoms with E-state index in [1.807, 2.05) is 6.07 Å². The van der Waals surface area contributed by atoms with Crippen molar-refractivity contribution >= 4 is 5.91 Å². The van der Waals surface area contributed by atoms with Crippen LogP contribution in [0, 0.1) is 0 Å². The molecule has 1 aromatic rings. The van der Waals surface area contributed by atoms with E-state index in [1.54, 1.807) is 32.2 Å². The van der Waals surface area contributed by atoms with Gasteiger partial charge in [0, 0.05) is 26.7 Å². The minimum Gasteiger partial charge on any atom is -0.493 e. The van der Waals surface area contributed by atoms with Crippen LogP contribution in [-0.4, -0.2) is 50.6 Å². The van der Waals surface area contributed by atoms with E-state index in [2.05, 4.69) is 5.32 Å². The van der Waals surface area contributed by atoms with Crippen LogP contribution >= 0.6 is 0 Å². The van der Waals surface area contributed by atoms with Crippen molar-refractivity contribution in [1.29, 1.82) is 0 Å². The van der Waals surface area contributed by atoms with Gasteiger partial charge in [-0.2, -0.15) is 0 Å². The normalized spacial score (nSPS) is 13.3. The minimum absolute atomic E-state index is 0.138. The molecule has 1 aromatic carbocycles. The summed E-state index contributed by atoms with van der Waals surface area (Å²) in [6.07, 6.45) is 0.442. The third-order valence-electron chi connectivity index (χ3n) is 2.94. The van der Waals surface area contributed by atoms with Gasteiger partial charge in [-0.3, -0.25) is 4.79 Å². The first-order valence-electron chi connectivity index (χ1n) is 6.72. The van der Waals surface area contributed by atoms with Gasteiger partial charge in [0.05, 0.1) is 12.7 Å². The highest BCUT2D eigenvalue weighted by molar-refractivity contribution is 5.77. The number of aliphatic hydroxyl groups is 1. The Morgan fingerprint density at radius 3 is 2.57 bits per heavy atom. The van der Waals surface area contributed by atoms with Gasteiger partial charge < -0.3 is 24.6 Å². The molecule has 0 aromatic heterocycles. The van der Waals surface area contributed by atoms with Gasteiger partial charge in [0.2, 0.25) is 0 Å². The molecule has 0 aliphatic carbocycles. The highest BCUT2D eigenvalue weighted by Gasteiger charge is 2.21. The van der Waals surface area contributed by atoms with E-state index in [-0.39, 0.29) is 19.1 Å². The molecule has 0 heterocycles. The number of carbonyl (C=O) groups excluding carboxylic acids is 1. The highest BCUT2D eigenvalue weighted by atomic mass is 16.5. The molecule has 21 heavy (non-hydrogen) atoms. The lowest BCUT2D eigenvalue weighted by Crippen LogP contribution is -2.42. The summed E-state index contributed by atoms with van der Waals surface area (Å²) in [6, 6.07) is 7.09. The third kappa shape index (κ3) is 6.46. The first kappa shape index (κ1) is 17.3. The monoisotopic (exact) mass is 297 g/mol. The van der Waals surface area contributed by atoms with E-state index in [1.165, 1.54) is 7.11 Å². The van der Waals surface area contributed by atoms with Crippen molar-refractivity contribution in [1.82, 2.24) is 5.32 Å². The molecule has 2 N–H and O–H groups in total. The minimum atomic E-state index is -1.00. The summed E-state index contributed by atoms with van der Waals surface area (Å²) >= 11 is 0. The molecule has 1 amide bonds. The number of methoxy groups -OCH3 is 2. The molecule has 1 rings (SSSR count). The number of hydrogen-bond donors (Lipinski definition) is 2. The lowest BCUT2D eigenvalue weighted by Gasteiger charge is -2.23. The summed E-state index contributed by atoms with van der Waals surface area (Å²) in [7, 11) is 3.10. The second-order valence-electron chi connectivity index (χ2n) is 4.96. The van der Waals surface area contributed by atoms with Crippen LogP contribution in [0.4, 0.5) is 0 Å². The van der Waals surface area contributed by atoms with Crippen molar-refractivity contribution < 1.29 is 24.1 Å². The fourth-order valence-corrected chi connectivity index (χ4v) is 1.63. The zero-order chi connectivity index (χ0) is 15.7. The van der Waals surface area contributed by atoms with E-state index in [4.69, 9.17) is 14.2 Å². The molecule has 0 aliphatic heterocycles. The SMILES string of the molecule is COCCC(C)(O)CNC(=O)COc1ccccc1OC. The maximum Gasteiger partial charge on any atom is 0.258 e. The summed E-state index contributed by atoms with van der Waals surface area (Å²) in [5.41, 5.74) is -1.00. The van der Waals surface area contributed by atoms with Gasteiger partial charge >= 0.3 is 0 Å². The van der Waals surface area contributed by atoms with Crippen LogP contribution in [-0.2, 0) is 9.53 Å². The summed E-state index contributed by atoms with van der Waals surface area (Å²) in [5.74, 6) is 0.761. The van der Waals surface area contributed by atoms with Crippen LogP contribution in [0.2, 0.25) is 0 Å². The van der Waals surface area contributed by atoms with Crippen LogP contribution in [0.15, 0.2) is 24.3 Å². The predicted molar refractivity (Wildman–Crippen MR) is 78.6 cm³/mol. The van der Waals surface area contributed by atoms with Crippen LogP contribution in [0.3, 0.4) is 0 Å². The van der Waals surface area contributed by atoms with Crippen molar-refractivity contribution in [3.8, 4) is 11.5 Å². The van der Waals surface area contributed by atoms with Crippen LogP contribution in [0.25, 0.3) is 0 Å². The molecule has 0 bridgehead atoms. The molecule has 0 spiro atoms. The summed E-state index contributed by atoms with van der Waals surface area (Å²) in [4.78, 5) is 11.7. The molecular formula is C15H23NO5. The van der Waals surface area contributed by atoms with Crippen molar-refractivity contribution in [2.24, 2.45) is 0 Å². The fourth-order valence-electron chi connectivity index (χ4n) is 1.63. The Bertz CT molecular complexity index is 447. The van der Waals surface area contributed by atoms with Gasteiger partial charge in [0.15, 0.2) is 18.1 Å². The fraction of sp³-hybridized carbons (Fsp3) is 0.533. The molecule has 0 saturated carbocycles. The van der Waals surface area contributed by atoms with Crippen molar-refractivity contribution in [2.75, 3.05) is 34.0 Å². The van der Waals surface area contributed by atoms with Crippen LogP contribution in [0.1, 0.15) is 13.3 Å². The van der Waals surface area contributed by atoms with E-state index < -0.39 is 5.60 Å². The average Bonchev–Trinajstić information content (AvgIpc) is 2.49. The molecule has 0 fully saturated rings. The van der Waals surface area contributed by atoms with Gasteiger partial charge in [-0.15, -0.1) is 0 Å². The molecular weight excluding hydrogens is 274 g/mol. The van der Waals surface area contributed by atoms with Gasteiger partial charge in [-0.25, -0.2) is 0 Å². The van der Waals surface area contributed by atoms with Crippen LogP contribution in [0.5, 0.6) is 11.5 Å². The Labute approximate surface area is 125 Å². The number of rotatable bonds is 9. The summed E-state index contributed by atoms with van der Waals surface area (Å²) in [5, 5.41) is 12.6. The van der Waals surface area contributed by atoms with E-state index in [0.29, 0.717) is 24.5 Å². The van der Waals surface area contributed by atoms with Crippen molar-refractivity contribution in [2.45, 2.75) is 18.9 Å². The number of hydrogen-bond acceptors (Lipinski definition) is 5. The molecule has 6 nitrogen and oxygen atoms in total. The Hall–Kier alpha value is -1.79. The number of nitrogens with one attached hydrogen (secondary N) is 1. The van der Waals surface area contributed by atoms with Crippen LogP contribution < -0.4 is 14.8 Å². The number of carbonyl (C=O) groups is 1. The molecule has 6 heteroatoms. The second-order valence-corrected chi connectivity index (χ2v) is 4.96. The topological polar surface area (TPSA) is 77.0 Å². The lowest BCUT2D eigenvalue weighted by atomic mass is 10.0. The maximum absolute atomic E-state index is 11.7. The zero-order valence-electron chi connectivity index (χ0n) is 12.7. The standard InChI is InChI=1S/C15H23NO5/c1-15(18,8-9-19-2)11-16-14(17)10-21-13-7-5-4-6-12(13)20-3/h4-7,18H,8-11H2,1-3H3,(H,16,17). The third-order valence-corrected chi connectivity index (χ3v) is 2.94. The van der Waals surface area contributed by atoms with E-state index in [0.717, 1.165) is 0 Å². The molecule has 0 radical (unpaired) electrons. The molecule has 118 valence electrons. The van der Waals surface area contributed by atoms with Gasteiger partial charge in [0.25, 0.3) is 5.91 Å². The first-order valence-corrected chi connectivity index (χ1v) is 6.72. The Morgan fingerprint density at radius 2 is 1.95 bits per heavy atom. The first-order chi connectivity index (χ1) is 9.98. The number of amides is 1. The Morgan fingerprint density at radius 1 is 1.29 bits per heavy atom. The number of para-hydroxylation sites is 2. The second kappa shape index (κ2) is 8.49. The summed E-state index contributed by atoms with van der Waals surface area (Å²) < 4.78 is 15.4. The number of benzene rings is 1. The van der Waals surface area contributed by atoms with E-state index >= 15 is 0 Å². The zero-order valence-corrected chi connectivity index (χ0v) is 12.7. The summed E-state index contributed by atoms with van der Waals surface area (Å²) in [6.45, 7) is 2.08. The lowest BCUT2D eigenvalue weighted by molar-refractivity contribution is -0.124. The Kier molecular flexibility index (Phi) is 6.98.